The second kappa shape index (κ2) is 8.83. The van der Waals surface area contributed by atoms with Crippen molar-refractivity contribution < 1.29 is 9.59 Å². The van der Waals surface area contributed by atoms with E-state index in [1.807, 2.05) is 24.3 Å². The first-order valence-corrected chi connectivity index (χ1v) is 8.78. The van der Waals surface area contributed by atoms with Gasteiger partial charge >= 0.3 is 0 Å². The van der Waals surface area contributed by atoms with Gasteiger partial charge in [0.05, 0.1) is 0 Å². The zero-order valence-electron chi connectivity index (χ0n) is 15.0. The van der Waals surface area contributed by atoms with Crippen molar-refractivity contribution in [3.05, 3.63) is 35.4 Å². The van der Waals surface area contributed by atoms with E-state index < -0.39 is 0 Å². The lowest BCUT2D eigenvalue weighted by molar-refractivity contribution is -0.121. The highest BCUT2D eigenvalue weighted by Gasteiger charge is 2.18. The normalized spacial score (nSPS) is 16.0. The molecule has 0 saturated carbocycles. The van der Waals surface area contributed by atoms with Gasteiger partial charge in [0.15, 0.2) is 0 Å². The third kappa shape index (κ3) is 5.34. The van der Waals surface area contributed by atoms with Gasteiger partial charge in [0.25, 0.3) is 5.91 Å². The number of rotatable bonds is 7. The van der Waals surface area contributed by atoms with Crippen LogP contribution in [0.5, 0.6) is 0 Å². The number of carbonyl (C=O) groups excluding carboxylic acids is 2. The molecular weight excluding hydrogens is 302 g/mol. The van der Waals surface area contributed by atoms with Crippen LogP contribution in [0.4, 0.5) is 0 Å². The summed E-state index contributed by atoms with van der Waals surface area (Å²) in [5.41, 5.74) is 1.75. The minimum absolute atomic E-state index is 0.00445. The predicted octanol–water partition coefficient (Wildman–Crippen LogP) is 1.92. The summed E-state index contributed by atoms with van der Waals surface area (Å²) in [6, 6.07) is 7.91. The van der Waals surface area contributed by atoms with Crippen molar-refractivity contribution in [3.63, 3.8) is 0 Å². The van der Waals surface area contributed by atoms with Crippen molar-refractivity contribution in [1.82, 2.24) is 15.1 Å². The van der Waals surface area contributed by atoms with Gasteiger partial charge in [-0.1, -0.05) is 12.1 Å². The molecule has 0 aliphatic carbocycles. The van der Waals surface area contributed by atoms with E-state index in [1.54, 1.807) is 19.0 Å². The van der Waals surface area contributed by atoms with E-state index in [0.717, 1.165) is 25.2 Å². The molecule has 1 aromatic carbocycles. The molecule has 1 N–H and O–H groups in total. The zero-order chi connectivity index (χ0) is 17.5. The Bertz CT molecular complexity index is 548. The lowest BCUT2D eigenvalue weighted by Gasteiger charge is -2.23. The molecule has 1 atom stereocenters. The number of benzene rings is 1. The standard InChI is InChI=1S/C19H29N3O2/c1-15(22-12-4-5-13-22)14-20-18(23)11-8-16-6-9-17(10-7-16)19(24)21(2)3/h6-7,9-10,15H,4-5,8,11-14H2,1-3H3,(H,20,23). The Morgan fingerprint density at radius 1 is 1.17 bits per heavy atom. The smallest absolute Gasteiger partial charge is 0.253 e. The van der Waals surface area contributed by atoms with Crippen LogP contribution in [0.3, 0.4) is 0 Å². The van der Waals surface area contributed by atoms with Crippen LogP contribution in [-0.2, 0) is 11.2 Å². The van der Waals surface area contributed by atoms with Gasteiger partial charge in [0.2, 0.25) is 5.91 Å². The van der Waals surface area contributed by atoms with Crippen molar-refractivity contribution in [3.8, 4) is 0 Å². The number of nitrogens with zero attached hydrogens (tertiary/aromatic N) is 2. The summed E-state index contributed by atoms with van der Waals surface area (Å²) in [7, 11) is 3.48. The number of hydrogen-bond donors (Lipinski definition) is 1. The van der Waals surface area contributed by atoms with E-state index in [2.05, 4.69) is 17.1 Å². The van der Waals surface area contributed by atoms with E-state index in [9.17, 15) is 9.59 Å². The Morgan fingerprint density at radius 3 is 2.38 bits per heavy atom. The SMILES string of the molecule is CC(CNC(=O)CCc1ccc(C(=O)N(C)C)cc1)N1CCCC1. The molecule has 2 rings (SSSR count). The molecule has 24 heavy (non-hydrogen) atoms. The minimum Gasteiger partial charge on any atom is -0.355 e. The molecule has 2 amide bonds. The third-order valence-electron chi connectivity index (χ3n) is 4.61. The van der Waals surface area contributed by atoms with Crippen LogP contribution in [0, 0.1) is 0 Å². The Morgan fingerprint density at radius 2 is 1.79 bits per heavy atom. The first-order valence-electron chi connectivity index (χ1n) is 8.78. The van der Waals surface area contributed by atoms with Crippen LogP contribution in [0.2, 0.25) is 0 Å². The number of likely N-dealkylation sites (tertiary alicyclic amines) is 1. The molecule has 1 saturated heterocycles. The Labute approximate surface area is 145 Å². The fraction of sp³-hybridized carbons (Fsp3) is 0.579. The average molecular weight is 331 g/mol. The van der Waals surface area contributed by atoms with Crippen molar-refractivity contribution >= 4 is 11.8 Å². The number of hydrogen-bond acceptors (Lipinski definition) is 3. The van der Waals surface area contributed by atoms with Crippen LogP contribution in [-0.4, -0.2) is 61.4 Å². The molecule has 1 aliphatic heterocycles. The second-order valence-electron chi connectivity index (χ2n) is 6.79. The Balaban J connectivity index is 1.72. The van der Waals surface area contributed by atoms with Crippen LogP contribution < -0.4 is 5.32 Å². The molecule has 1 aromatic rings. The maximum atomic E-state index is 12.0. The molecule has 0 radical (unpaired) electrons. The summed E-state index contributed by atoms with van der Waals surface area (Å²) >= 11 is 0. The largest absolute Gasteiger partial charge is 0.355 e. The van der Waals surface area contributed by atoms with E-state index in [0.29, 0.717) is 24.4 Å². The van der Waals surface area contributed by atoms with Crippen molar-refractivity contribution in [1.29, 1.82) is 0 Å². The lowest BCUT2D eigenvalue weighted by Crippen LogP contribution is -2.40. The number of aryl methyl sites for hydroxylation is 1. The van der Waals surface area contributed by atoms with Gasteiger partial charge in [0.1, 0.15) is 0 Å². The number of amides is 2. The molecule has 5 nitrogen and oxygen atoms in total. The summed E-state index contributed by atoms with van der Waals surface area (Å²) in [5.74, 6) is 0.0877. The molecule has 1 heterocycles. The topological polar surface area (TPSA) is 52.7 Å². The molecule has 0 spiro atoms. The van der Waals surface area contributed by atoms with E-state index in [4.69, 9.17) is 0 Å². The molecule has 5 heteroatoms. The first kappa shape index (κ1) is 18.5. The van der Waals surface area contributed by atoms with Gasteiger partial charge in [-0.3, -0.25) is 14.5 Å². The first-order chi connectivity index (χ1) is 11.5. The van der Waals surface area contributed by atoms with Crippen LogP contribution in [0.15, 0.2) is 24.3 Å². The summed E-state index contributed by atoms with van der Waals surface area (Å²) < 4.78 is 0. The summed E-state index contributed by atoms with van der Waals surface area (Å²) in [6.45, 7) is 5.19. The van der Waals surface area contributed by atoms with Crippen molar-refractivity contribution in [2.24, 2.45) is 0 Å². The lowest BCUT2D eigenvalue weighted by atomic mass is 10.1. The minimum atomic E-state index is -0.00445. The summed E-state index contributed by atoms with van der Waals surface area (Å²) in [5, 5.41) is 3.03. The average Bonchev–Trinajstić information content (AvgIpc) is 3.12. The zero-order valence-corrected chi connectivity index (χ0v) is 15.0. The van der Waals surface area contributed by atoms with Gasteiger partial charge in [-0.25, -0.2) is 0 Å². The highest BCUT2D eigenvalue weighted by molar-refractivity contribution is 5.93. The van der Waals surface area contributed by atoms with Gasteiger partial charge < -0.3 is 10.2 Å². The van der Waals surface area contributed by atoms with Gasteiger partial charge in [-0.05, 0) is 57.0 Å². The molecule has 1 fully saturated rings. The van der Waals surface area contributed by atoms with Crippen LogP contribution in [0.25, 0.3) is 0 Å². The van der Waals surface area contributed by atoms with Gasteiger partial charge in [-0.2, -0.15) is 0 Å². The highest BCUT2D eigenvalue weighted by Crippen LogP contribution is 2.11. The third-order valence-corrected chi connectivity index (χ3v) is 4.61. The fourth-order valence-corrected chi connectivity index (χ4v) is 2.99. The monoisotopic (exact) mass is 331 g/mol. The van der Waals surface area contributed by atoms with Crippen LogP contribution in [0.1, 0.15) is 42.1 Å². The second-order valence-corrected chi connectivity index (χ2v) is 6.79. The fourth-order valence-electron chi connectivity index (χ4n) is 2.99. The quantitative estimate of drug-likeness (QED) is 0.830. The van der Waals surface area contributed by atoms with E-state index in [-0.39, 0.29) is 11.8 Å². The molecule has 0 bridgehead atoms. The Kier molecular flexibility index (Phi) is 6.79. The van der Waals surface area contributed by atoms with E-state index >= 15 is 0 Å². The molecule has 1 unspecified atom stereocenters. The number of carbonyl (C=O) groups is 2. The maximum absolute atomic E-state index is 12.0. The van der Waals surface area contributed by atoms with Gasteiger partial charge in [-0.15, -0.1) is 0 Å². The molecular formula is C19H29N3O2. The maximum Gasteiger partial charge on any atom is 0.253 e. The van der Waals surface area contributed by atoms with Crippen molar-refractivity contribution in [2.45, 2.75) is 38.6 Å². The highest BCUT2D eigenvalue weighted by atomic mass is 16.2. The van der Waals surface area contributed by atoms with Crippen LogP contribution >= 0.6 is 0 Å². The number of nitrogens with one attached hydrogen (secondary N) is 1. The van der Waals surface area contributed by atoms with Gasteiger partial charge in [0, 0.05) is 38.7 Å². The molecule has 1 aliphatic rings. The molecule has 132 valence electrons. The Hall–Kier alpha value is -1.88. The summed E-state index contributed by atoms with van der Waals surface area (Å²) in [4.78, 5) is 27.8. The summed E-state index contributed by atoms with van der Waals surface area (Å²) in [6.07, 6.45) is 3.71. The van der Waals surface area contributed by atoms with E-state index in [1.165, 1.54) is 12.8 Å². The molecule has 0 aromatic heterocycles. The predicted molar refractivity (Wildman–Crippen MR) is 96.1 cm³/mol. The van der Waals surface area contributed by atoms with Crippen molar-refractivity contribution in [2.75, 3.05) is 33.7 Å².